The number of aryl methyl sites for hydroxylation is 1. The van der Waals surface area contributed by atoms with Gasteiger partial charge in [-0.2, -0.15) is 0 Å². The van der Waals surface area contributed by atoms with Crippen molar-refractivity contribution in [2.45, 2.75) is 26.2 Å². The highest BCUT2D eigenvalue weighted by molar-refractivity contribution is 7.19. The number of aromatic nitrogens is 4. The van der Waals surface area contributed by atoms with Crippen LogP contribution in [0.3, 0.4) is 0 Å². The van der Waals surface area contributed by atoms with E-state index < -0.39 is 0 Å². The van der Waals surface area contributed by atoms with Crippen LogP contribution >= 0.6 is 11.3 Å². The lowest BCUT2D eigenvalue weighted by Gasteiger charge is -2.20. The van der Waals surface area contributed by atoms with Crippen molar-refractivity contribution >= 4 is 33.1 Å². The van der Waals surface area contributed by atoms with Crippen LogP contribution in [0.5, 0.6) is 0 Å². The third-order valence-electron chi connectivity index (χ3n) is 5.24. The lowest BCUT2D eigenvalue weighted by molar-refractivity contribution is 0.0616. The number of hydrogen-bond donors (Lipinski definition) is 0. The maximum absolute atomic E-state index is 13.0. The summed E-state index contributed by atoms with van der Waals surface area (Å²) in [5.74, 6) is 0.613. The predicted molar refractivity (Wildman–Crippen MR) is 107 cm³/mol. The zero-order chi connectivity index (χ0) is 19.7. The van der Waals surface area contributed by atoms with E-state index in [-0.39, 0.29) is 11.7 Å². The number of carbonyl (C=O) groups is 1. The highest BCUT2D eigenvalue weighted by Gasteiger charge is 2.26. The average Bonchev–Trinajstić information content (AvgIpc) is 3.28. The minimum absolute atomic E-state index is 0.185. The maximum Gasteiger partial charge on any atom is 0.293 e. The molecule has 0 bridgehead atoms. The minimum atomic E-state index is -0.219. The molecule has 0 spiro atoms. The average molecular weight is 404 g/mol. The zero-order valence-electron chi connectivity index (χ0n) is 16.5. The van der Waals surface area contributed by atoms with Gasteiger partial charge in [-0.3, -0.25) is 4.79 Å². The molecule has 0 aliphatic heterocycles. The first-order valence-electron chi connectivity index (χ1n) is 9.55. The van der Waals surface area contributed by atoms with E-state index in [4.69, 9.17) is 9.47 Å². The first-order chi connectivity index (χ1) is 13.6. The number of thiophene rings is 1. The Balaban J connectivity index is 1.73. The van der Waals surface area contributed by atoms with Gasteiger partial charge in [-0.15, -0.1) is 16.4 Å². The fraction of sp³-hybridized carbons (Fsp3) is 0.579. The van der Waals surface area contributed by atoms with Crippen LogP contribution in [0.15, 0.2) is 6.33 Å². The molecule has 3 heterocycles. The van der Waals surface area contributed by atoms with Gasteiger partial charge in [0.15, 0.2) is 5.65 Å². The topological polar surface area (TPSA) is 81.9 Å². The monoisotopic (exact) mass is 403 g/mol. The molecule has 1 atom stereocenters. The number of methoxy groups -OCH3 is 2. The Morgan fingerprint density at radius 1 is 1.32 bits per heavy atom. The Labute approximate surface area is 167 Å². The van der Waals surface area contributed by atoms with Crippen LogP contribution in [-0.4, -0.2) is 70.9 Å². The number of fused-ring (bicyclic) bond motifs is 5. The van der Waals surface area contributed by atoms with Crippen LogP contribution in [0.4, 0.5) is 0 Å². The van der Waals surface area contributed by atoms with Crippen LogP contribution < -0.4 is 0 Å². The third kappa shape index (κ3) is 3.49. The lowest BCUT2D eigenvalue weighted by Crippen LogP contribution is -2.37. The highest BCUT2D eigenvalue weighted by Crippen LogP contribution is 2.38. The van der Waals surface area contributed by atoms with Crippen molar-refractivity contribution < 1.29 is 14.3 Å². The van der Waals surface area contributed by atoms with E-state index >= 15 is 0 Å². The highest BCUT2D eigenvalue weighted by atomic mass is 32.1. The zero-order valence-corrected chi connectivity index (χ0v) is 17.3. The van der Waals surface area contributed by atoms with Crippen LogP contribution in [0.2, 0.25) is 0 Å². The molecule has 9 heteroatoms. The molecule has 0 N–H and O–H groups in total. The summed E-state index contributed by atoms with van der Waals surface area (Å²) in [5.41, 5.74) is 2.05. The lowest BCUT2D eigenvalue weighted by atomic mass is 9.89. The SMILES string of the molecule is COCCN(CCOC)C(=O)c1nc2c3c4c(sc3ncn2n1)CCC(C)C4. The van der Waals surface area contributed by atoms with Gasteiger partial charge in [0.2, 0.25) is 5.82 Å². The second-order valence-corrected chi connectivity index (χ2v) is 8.34. The number of nitrogens with zero attached hydrogens (tertiary/aromatic N) is 5. The fourth-order valence-corrected chi connectivity index (χ4v) is 4.87. The Morgan fingerprint density at radius 3 is 2.79 bits per heavy atom. The van der Waals surface area contributed by atoms with Crippen molar-refractivity contribution in [1.29, 1.82) is 0 Å². The van der Waals surface area contributed by atoms with E-state index in [0.717, 1.165) is 28.7 Å². The molecule has 8 nitrogen and oxygen atoms in total. The Bertz CT molecular complexity index is 990. The third-order valence-corrected chi connectivity index (χ3v) is 6.44. The van der Waals surface area contributed by atoms with Gasteiger partial charge >= 0.3 is 0 Å². The molecule has 0 aromatic carbocycles. The molecule has 1 aliphatic carbocycles. The van der Waals surface area contributed by atoms with Crippen LogP contribution in [0, 0.1) is 5.92 Å². The van der Waals surface area contributed by atoms with E-state index in [0.29, 0.717) is 32.2 Å². The molecule has 0 fully saturated rings. The molecule has 0 radical (unpaired) electrons. The first-order valence-corrected chi connectivity index (χ1v) is 10.4. The Morgan fingerprint density at radius 2 is 2.07 bits per heavy atom. The largest absolute Gasteiger partial charge is 0.383 e. The summed E-state index contributed by atoms with van der Waals surface area (Å²) in [4.78, 5) is 26.2. The van der Waals surface area contributed by atoms with Crippen molar-refractivity contribution in [1.82, 2.24) is 24.5 Å². The minimum Gasteiger partial charge on any atom is -0.383 e. The smallest absolute Gasteiger partial charge is 0.293 e. The summed E-state index contributed by atoms with van der Waals surface area (Å²) >= 11 is 1.74. The molecule has 3 aromatic rings. The van der Waals surface area contributed by atoms with Crippen LogP contribution in [0.1, 0.15) is 34.4 Å². The van der Waals surface area contributed by atoms with Gasteiger partial charge in [-0.1, -0.05) is 6.92 Å². The van der Waals surface area contributed by atoms with Gasteiger partial charge in [0.05, 0.1) is 18.6 Å². The normalized spacial score (nSPS) is 16.6. The number of hydrogen-bond acceptors (Lipinski definition) is 7. The maximum atomic E-state index is 13.0. The first kappa shape index (κ1) is 19.2. The van der Waals surface area contributed by atoms with Gasteiger partial charge in [0, 0.05) is 32.2 Å². The molecular weight excluding hydrogens is 378 g/mol. The summed E-state index contributed by atoms with van der Waals surface area (Å²) in [7, 11) is 3.23. The predicted octanol–water partition coefficient (Wildman–Crippen LogP) is 2.20. The molecule has 3 aromatic heterocycles. The van der Waals surface area contributed by atoms with E-state index in [1.807, 2.05) is 0 Å². The van der Waals surface area contributed by atoms with E-state index in [1.165, 1.54) is 16.9 Å². The van der Waals surface area contributed by atoms with Crippen molar-refractivity contribution in [3.63, 3.8) is 0 Å². The molecule has 4 rings (SSSR count). The second-order valence-electron chi connectivity index (χ2n) is 7.26. The molecule has 0 saturated carbocycles. The Hall–Kier alpha value is -2.10. The van der Waals surface area contributed by atoms with Gasteiger partial charge in [0.25, 0.3) is 5.91 Å². The molecule has 1 unspecified atom stereocenters. The van der Waals surface area contributed by atoms with Gasteiger partial charge in [-0.25, -0.2) is 14.5 Å². The van der Waals surface area contributed by atoms with Gasteiger partial charge in [0.1, 0.15) is 11.2 Å². The molecule has 1 aliphatic rings. The van der Waals surface area contributed by atoms with E-state index in [2.05, 4.69) is 22.0 Å². The molecule has 1 amide bonds. The quantitative estimate of drug-likeness (QED) is 0.602. The summed E-state index contributed by atoms with van der Waals surface area (Å²) in [6.07, 6.45) is 4.98. The van der Waals surface area contributed by atoms with Crippen LogP contribution in [0.25, 0.3) is 15.9 Å². The molecule has 150 valence electrons. The van der Waals surface area contributed by atoms with Crippen molar-refractivity contribution in [3.05, 3.63) is 22.6 Å². The molecule has 0 saturated heterocycles. The van der Waals surface area contributed by atoms with Crippen molar-refractivity contribution in [2.24, 2.45) is 5.92 Å². The summed E-state index contributed by atoms with van der Waals surface area (Å²) in [6.45, 7) is 4.11. The number of ether oxygens (including phenoxy) is 2. The van der Waals surface area contributed by atoms with Crippen molar-refractivity contribution in [2.75, 3.05) is 40.5 Å². The standard InChI is InChI=1S/C19H25N5O3S/c1-12-4-5-14-13(10-12)15-17-21-16(22-24(17)11-20-18(15)28-14)19(25)23(6-8-26-2)7-9-27-3/h11-12H,4-10H2,1-3H3. The van der Waals surface area contributed by atoms with Crippen LogP contribution in [-0.2, 0) is 22.3 Å². The number of carbonyl (C=O) groups excluding carboxylic acids is 1. The fourth-order valence-electron chi connectivity index (χ4n) is 3.70. The summed E-state index contributed by atoms with van der Waals surface area (Å²) in [5, 5.41) is 5.48. The second kappa shape index (κ2) is 8.10. The Kier molecular flexibility index (Phi) is 5.56. The van der Waals surface area contributed by atoms with E-state index in [1.54, 1.807) is 41.3 Å². The number of rotatable bonds is 7. The molecule has 28 heavy (non-hydrogen) atoms. The summed E-state index contributed by atoms with van der Waals surface area (Å²) in [6, 6.07) is 0. The summed E-state index contributed by atoms with van der Waals surface area (Å²) < 4.78 is 11.9. The molecular formula is C19H25N5O3S. The van der Waals surface area contributed by atoms with Gasteiger partial charge in [-0.05, 0) is 30.7 Å². The number of amides is 1. The van der Waals surface area contributed by atoms with Gasteiger partial charge < -0.3 is 14.4 Å². The van der Waals surface area contributed by atoms with Crippen molar-refractivity contribution in [3.8, 4) is 0 Å². The van der Waals surface area contributed by atoms with E-state index in [9.17, 15) is 4.79 Å².